The molecule has 2 aliphatic carbocycles. The number of rotatable bonds is 6. The molecule has 0 unspecified atom stereocenters. The largest absolute Gasteiger partial charge is 0.481 e. The maximum Gasteiger partial charge on any atom is 0.331 e. The van der Waals surface area contributed by atoms with Gasteiger partial charge in [0.2, 0.25) is 0 Å². The Morgan fingerprint density at radius 2 is 1.96 bits per heavy atom. The van der Waals surface area contributed by atoms with E-state index in [0.717, 1.165) is 25.7 Å². The van der Waals surface area contributed by atoms with Crippen molar-refractivity contribution in [1.82, 2.24) is 0 Å². The van der Waals surface area contributed by atoms with Gasteiger partial charge < -0.3 is 15.3 Å². The van der Waals surface area contributed by atoms with Crippen molar-refractivity contribution in [1.29, 1.82) is 0 Å². The maximum absolute atomic E-state index is 11.8. The number of carbonyl (C=O) groups is 2. The van der Waals surface area contributed by atoms with Gasteiger partial charge in [-0.15, -0.1) is 0 Å². The van der Waals surface area contributed by atoms with Crippen LogP contribution in [0.15, 0.2) is 11.6 Å². The molecule has 5 nitrogen and oxygen atoms in total. The van der Waals surface area contributed by atoms with Crippen LogP contribution in [0.5, 0.6) is 0 Å². The average molecular weight is 352 g/mol. The van der Waals surface area contributed by atoms with Crippen LogP contribution in [0, 0.1) is 28.6 Å². The Morgan fingerprint density at radius 3 is 2.52 bits per heavy atom. The van der Waals surface area contributed by atoms with Crippen LogP contribution in [0.1, 0.15) is 66.2 Å². The Morgan fingerprint density at radius 1 is 1.32 bits per heavy atom. The third-order valence-electron chi connectivity index (χ3n) is 7.17. The van der Waals surface area contributed by atoms with Gasteiger partial charge in [0.05, 0.1) is 6.10 Å². The molecule has 25 heavy (non-hydrogen) atoms. The van der Waals surface area contributed by atoms with Gasteiger partial charge in [0.15, 0.2) is 0 Å². The van der Waals surface area contributed by atoms with Crippen LogP contribution in [-0.2, 0) is 9.59 Å². The highest BCUT2D eigenvalue weighted by Gasteiger charge is 2.56. The Labute approximate surface area is 150 Å². The average Bonchev–Trinajstić information content (AvgIpc) is 2.50. The first-order valence-electron chi connectivity index (χ1n) is 9.36. The highest BCUT2D eigenvalue weighted by atomic mass is 16.4. The van der Waals surface area contributed by atoms with Gasteiger partial charge in [-0.05, 0) is 61.3 Å². The van der Waals surface area contributed by atoms with Gasteiger partial charge in [-0.3, -0.25) is 4.79 Å². The highest BCUT2D eigenvalue weighted by molar-refractivity contribution is 5.88. The minimum atomic E-state index is -0.928. The van der Waals surface area contributed by atoms with Crippen LogP contribution in [0.2, 0.25) is 0 Å². The van der Waals surface area contributed by atoms with E-state index in [0.29, 0.717) is 17.9 Å². The SMILES string of the molecule is C[C@H](CC[C@]1(C)[C@H](C)CC[C@]2(C)C(C(=O)O)=C[C@H](O)C[C@H]12)CC(=O)O. The second-order valence-electron chi connectivity index (χ2n) is 8.85. The number of carboxylic acid groups (broad SMARTS) is 2. The predicted molar refractivity (Wildman–Crippen MR) is 95.1 cm³/mol. The van der Waals surface area contributed by atoms with Crippen LogP contribution in [-0.4, -0.2) is 33.4 Å². The van der Waals surface area contributed by atoms with E-state index in [-0.39, 0.29) is 23.7 Å². The smallest absolute Gasteiger partial charge is 0.331 e. The number of aliphatic hydroxyl groups excluding tert-OH is 1. The molecule has 0 saturated heterocycles. The molecule has 0 aromatic rings. The van der Waals surface area contributed by atoms with Gasteiger partial charge in [-0.25, -0.2) is 4.79 Å². The van der Waals surface area contributed by atoms with E-state index in [4.69, 9.17) is 5.11 Å². The standard InChI is InChI=1S/C20H32O5/c1-12(9-17(22)23)5-7-19(3)13(2)6-8-20(4)15(18(24)25)10-14(21)11-16(19)20/h10,12-14,16,21H,5-9,11H2,1-4H3,(H,22,23)(H,24,25)/t12-,13-,14+,16-,19-,20-/m1/s1. The maximum atomic E-state index is 11.8. The zero-order chi connectivity index (χ0) is 19.0. The van der Waals surface area contributed by atoms with Gasteiger partial charge in [-0.1, -0.05) is 27.7 Å². The lowest BCUT2D eigenvalue weighted by molar-refractivity contribution is -0.140. The number of aliphatic hydroxyl groups is 1. The summed E-state index contributed by atoms with van der Waals surface area (Å²) in [6.07, 6.45) is 5.01. The van der Waals surface area contributed by atoms with Crippen molar-refractivity contribution in [3.63, 3.8) is 0 Å². The first-order chi connectivity index (χ1) is 11.5. The molecule has 0 aliphatic heterocycles. The fraction of sp³-hybridized carbons (Fsp3) is 0.800. The Hall–Kier alpha value is -1.36. The summed E-state index contributed by atoms with van der Waals surface area (Å²) in [6, 6.07) is 0. The summed E-state index contributed by atoms with van der Waals surface area (Å²) in [5.41, 5.74) is -0.175. The van der Waals surface area contributed by atoms with Gasteiger partial charge in [0.1, 0.15) is 0 Å². The lowest BCUT2D eigenvalue weighted by atomic mass is 9.46. The molecule has 0 amide bonds. The molecule has 2 rings (SSSR count). The van der Waals surface area contributed by atoms with E-state index in [1.165, 1.54) is 6.08 Å². The van der Waals surface area contributed by atoms with Crippen molar-refractivity contribution in [3.8, 4) is 0 Å². The van der Waals surface area contributed by atoms with Crippen molar-refractivity contribution in [2.75, 3.05) is 0 Å². The molecule has 1 saturated carbocycles. The van der Waals surface area contributed by atoms with Crippen molar-refractivity contribution >= 4 is 11.9 Å². The van der Waals surface area contributed by atoms with Crippen LogP contribution >= 0.6 is 0 Å². The first-order valence-corrected chi connectivity index (χ1v) is 9.36. The first kappa shape index (κ1) is 20.0. The van der Waals surface area contributed by atoms with Gasteiger partial charge in [-0.2, -0.15) is 0 Å². The van der Waals surface area contributed by atoms with Gasteiger partial charge >= 0.3 is 11.9 Å². The summed E-state index contributed by atoms with van der Waals surface area (Å²) < 4.78 is 0. The Kier molecular flexibility index (Phi) is 5.67. The summed E-state index contributed by atoms with van der Waals surface area (Å²) in [6.45, 7) is 8.42. The quantitative estimate of drug-likeness (QED) is 0.677. The summed E-state index contributed by atoms with van der Waals surface area (Å²) in [5.74, 6) is -1.10. The second kappa shape index (κ2) is 7.10. The third-order valence-corrected chi connectivity index (χ3v) is 7.17. The van der Waals surface area contributed by atoms with E-state index >= 15 is 0 Å². The van der Waals surface area contributed by atoms with Crippen molar-refractivity contribution in [3.05, 3.63) is 11.6 Å². The molecule has 0 aromatic carbocycles. The number of hydrogen-bond donors (Lipinski definition) is 3. The van der Waals surface area contributed by atoms with E-state index in [2.05, 4.69) is 13.8 Å². The number of carboxylic acids is 2. The molecule has 6 atom stereocenters. The number of hydrogen-bond acceptors (Lipinski definition) is 3. The Balaban J connectivity index is 2.29. The van der Waals surface area contributed by atoms with Crippen LogP contribution in [0.25, 0.3) is 0 Å². The second-order valence-corrected chi connectivity index (χ2v) is 8.85. The molecular formula is C20H32O5. The lowest BCUT2D eigenvalue weighted by Gasteiger charge is -2.58. The van der Waals surface area contributed by atoms with E-state index in [9.17, 15) is 19.8 Å². The zero-order valence-corrected chi connectivity index (χ0v) is 15.8. The summed E-state index contributed by atoms with van der Waals surface area (Å²) >= 11 is 0. The molecule has 0 heterocycles. The van der Waals surface area contributed by atoms with Crippen LogP contribution in [0.4, 0.5) is 0 Å². The number of fused-ring (bicyclic) bond motifs is 1. The topological polar surface area (TPSA) is 94.8 Å². The van der Waals surface area contributed by atoms with Crippen LogP contribution in [0.3, 0.4) is 0 Å². The Bertz CT molecular complexity index is 568. The molecular weight excluding hydrogens is 320 g/mol. The summed E-state index contributed by atoms with van der Waals surface area (Å²) in [7, 11) is 0. The van der Waals surface area contributed by atoms with E-state index in [1.807, 2.05) is 13.8 Å². The van der Waals surface area contributed by atoms with Crippen molar-refractivity contribution < 1.29 is 24.9 Å². The summed E-state index contributed by atoms with van der Waals surface area (Å²) in [5, 5.41) is 28.9. The monoisotopic (exact) mass is 352 g/mol. The third kappa shape index (κ3) is 3.76. The zero-order valence-electron chi connectivity index (χ0n) is 15.8. The normalized spacial score (nSPS) is 39.2. The molecule has 3 N–H and O–H groups in total. The molecule has 0 spiro atoms. The van der Waals surface area contributed by atoms with E-state index in [1.54, 1.807) is 0 Å². The molecule has 1 fully saturated rings. The fourth-order valence-electron chi connectivity index (χ4n) is 5.33. The molecule has 142 valence electrons. The molecule has 0 radical (unpaired) electrons. The highest BCUT2D eigenvalue weighted by Crippen LogP contribution is 2.62. The minimum absolute atomic E-state index is 0.0897. The fourth-order valence-corrected chi connectivity index (χ4v) is 5.33. The minimum Gasteiger partial charge on any atom is -0.481 e. The van der Waals surface area contributed by atoms with Crippen LogP contribution < -0.4 is 0 Å². The predicted octanol–water partition coefficient (Wildman–Crippen LogP) is 3.71. The summed E-state index contributed by atoms with van der Waals surface area (Å²) in [4.78, 5) is 22.7. The van der Waals surface area contributed by atoms with Gasteiger partial charge in [0, 0.05) is 17.4 Å². The molecule has 2 aliphatic rings. The molecule has 0 bridgehead atoms. The van der Waals surface area contributed by atoms with Gasteiger partial charge in [0.25, 0.3) is 0 Å². The van der Waals surface area contributed by atoms with E-state index < -0.39 is 23.5 Å². The number of aliphatic carboxylic acids is 2. The van der Waals surface area contributed by atoms with Crippen molar-refractivity contribution in [2.45, 2.75) is 72.3 Å². The van der Waals surface area contributed by atoms with Crippen molar-refractivity contribution in [2.24, 2.45) is 28.6 Å². The molecule has 0 aromatic heterocycles. The molecule has 5 heteroatoms. The lowest BCUT2D eigenvalue weighted by Crippen LogP contribution is -2.53.